The molecule has 0 saturated heterocycles. The zero-order chi connectivity index (χ0) is 17.9. The van der Waals surface area contributed by atoms with E-state index < -0.39 is 10.8 Å². The molecule has 6 nitrogen and oxygen atoms in total. The van der Waals surface area contributed by atoms with E-state index in [2.05, 4.69) is 10.6 Å². The van der Waals surface area contributed by atoms with E-state index in [-0.39, 0.29) is 21.4 Å². The minimum Gasteiger partial charge on any atom is -0.332 e. The molecule has 124 valence electrons. The predicted octanol–water partition coefficient (Wildman–Crippen LogP) is 4.68. The van der Waals surface area contributed by atoms with Gasteiger partial charge < -0.3 is 5.32 Å². The van der Waals surface area contributed by atoms with Crippen molar-refractivity contribution in [2.24, 2.45) is 0 Å². The maximum absolute atomic E-state index is 12.1. The van der Waals surface area contributed by atoms with Gasteiger partial charge in [-0.1, -0.05) is 34.8 Å². The van der Waals surface area contributed by atoms with Crippen LogP contribution in [0.15, 0.2) is 36.4 Å². The van der Waals surface area contributed by atoms with Crippen molar-refractivity contribution in [2.45, 2.75) is 0 Å². The molecule has 2 rings (SSSR count). The maximum atomic E-state index is 12.1. The van der Waals surface area contributed by atoms with E-state index in [1.165, 1.54) is 36.4 Å². The number of benzene rings is 2. The Labute approximate surface area is 156 Å². The van der Waals surface area contributed by atoms with Crippen molar-refractivity contribution in [1.29, 1.82) is 0 Å². The van der Waals surface area contributed by atoms with Gasteiger partial charge in [0.15, 0.2) is 5.11 Å². The molecule has 0 fully saturated rings. The van der Waals surface area contributed by atoms with E-state index in [9.17, 15) is 14.9 Å². The van der Waals surface area contributed by atoms with E-state index in [1.54, 1.807) is 0 Å². The number of carbonyl (C=O) groups is 1. The summed E-state index contributed by atoms with van der Waals surface area (Å²) in [5.41, 5.74) is 0.247. The summed E-state index contributed by atoms with van der Waals surface area (Å²) in [6, 6.07) is 8.39. The number of nitrogens with one attached hydrogen (secondary N) is 2. The highest BCUT2D eigenvalue weighted by Crippen LogP contribution is 2.27. The molecule has 0 aliphatic rings. The molecule has 0 atom stereocenters. The third kappa shape index (κ3) is 4.78. The third-order valence-corrected chi connectivity index (χ3v) is 3.71. The Morgan fingerprint density at radius 1 is 1.08 bits per heavy atom. The number of hydrogen-bond donors (Lipinski definition) is 2. The Balaban J connectivity index is 2.09. The zero-order valence-corrected chi connectivity index (χ0v) is 14.8. The molecule has 2 N–H and O–H groups in total. The number of rotatable bonds is 3. The fourth-order valence-corrected chi connectivity index (χ4v) is 2.68. The highest BCUT2D eigenvalue weighted by molar-refractivity contribution is 7.80. The fourth-order valence-electron chi connectivity index (χ4n) is 1.75. The van der Waals surface area contributed by atoms with Gasteiger partial charge >= 0.3 is 0 Å². The van der Waals surface area contributed by atoms with Crippen molar-refractivity contribution >= 4 is 69.4 Å². The highest BCUT2D eigenvalue weighted by atomic mass is 35.5. The standard InChI is InChI=1S/C14H8Cl3N3O3S/c15-8-3-7(4-9(16)5-8)13(21)19-14(24)18-10-1-2-11(17)12(6-10)20(22)23/h1-6H,(H2,18,19,21,24). The largest absolute Gasteiger partial charge is 0.332 e. The van der Waals surface area contributed by atoms with Crippen LogP contribution < -0.4 is 10.6 Å². The van der Waals surface area contributed by atoms with Crippen LogP contribution in [0.25, 0.3) is 0 Å². The molecule has 0 aliphatic heterocycles. The lowest BCUT2D eigenvalue weighted by Gasteiger charge is -2.10. The Kier molecular flexibility index (Phi) is 5.95. The van der Waals surface area contributed by atoms with Gasteiger partial charge in [0.2, 0.25) is 0 Å². The maximum Gasteiger partial charge on any atom is 0.289 e. The average Bonchev–Trinajstić information content (AvgIpc) is 2.47. The van der Waals surface area contributed by atoms with Crippen LogP contribution in [0, 0.1) is 10.1 Å². The molecule has 1 amide bonds. The monoisotopic (exact) mass is 403 g/mol. The van der Waals surface area contributed by atoms with Crippen molar-refractivity contribution in [3.8, 4) is 0 Å². The molecule has 0 unspecified atom stereocenters. The lowest BCUT2D eigenvalue weighted by molar-refractivity contribution is -0.384. The summed E-state index contributed by atoms with van der Waals surface area (Å²) in [6.07, 6.45) is 0. The summed E-state index contributed by atoms with van der Waals surface area (Å²) in [4.78, 5) is 22.3. The molecule has 0 aliphatic carbocycles. The zero-order valence-electron chi connectivity index (χ0n) is 11.7. The van der Waals surface area contributed by atoms with E-state index in [1.807, 2.05) is 0 Å². The number of hydrogen-bond acceptors (Lipinski definition) is 4. The third-order valence-electron chi connectivity index (χ3n) is 2.75. The SMILES string of the molecule is O=C(NC(=S)Nc1ccc(Cl)c([N+](=O)[O-])c1)c1cc(Cl)cc(Cl)c1. The predicted molar refractivity (Wildman–Crippen MR) is 98.3 cm³/mol. The summed E-state index contributed by atoms with van der Waals surface area (Å²) < 4.78 is 0. The van der Waals surface area contributed by atoms with E-state index in [0.29, 0.717) is 15.7 Å². The Morgan fingerprint density at radius 2 is 1.71 bits per heavy atom. The smallest absolute Gasteiger partial charge is 0.289 e. The molecule has 2 aromatic rings. The molecule has 0 saturated carbocycles. The second kappa shape index (κ2) is 7.76. The van der Waals surface area contributed by atoms with Gasteiger partial charge in [-0.25, -0.2) is 0 Å². The molecule has 2 aromatic carbocycles. The Bertz CT molecular complexity index is 825. The minimum atomic E-state index is -0.622. The topological polar surface area (TPSA) is 84.3 Å². The van der Waals surface area contributed by atoms with Gasteiger partial charge in [-0.15, -0.1) is 0 Å². The molecular weight excluding hydrogens is 397 g/mol. The molecule has 24 heavy (non-hydrogen) atoms. The van der Waals surface area contributed by atoms with Crippen LogP contribution in [-0.2, 0) is 0 Å². The van der Waals surface area contributed by atoms with Gasteiger partial charge in [0.1, 0.15) is 5.02 Å². The number of nitro groups is 1. The highest BCUT2D eigenvalue weighted by Gasteiger charge is 2.14. The van der Waals surface area contributed by atoms with Crippen LogP contribution >= 0.6 is 47.0 Å². The first kappa shape index (κ1) is 18.4. The second-order valence-electron chi connectivity index (χ2n) is 4.49. The lowest BCUT2D eigenvalue weighted by Crippen LogP contribution is -2.34. The quantitative estimate of drug-likeness (QED) is 0.441. The van der Waals surface area contributed by atoms with Crippen molar-refractivity contribution in [3.05, 3.63) is 67.1 Å². The van der Waals surface area contributed by atoms with Crippen LogP contribution in [0.4, 0.5) is 11.4 Å². The Hall–Kier alpha value is -1.93. The summed E-state index contributed by atoms with van der Waals surface area (Å²) in [5.74, 6) is -0.527. The van der Waals surface area contributed by atoms with E-state index in [4.69, 9.17) is 47.0 Å². The van der Waals surface area contributed by atoms with Crippen molar-refractivity contribution in [2.75, 3.05) is 5.32 Å². The van der Waals surface area contributed by atoms with Crippen LogP contribution in [0.2, 0.25) is 15.1 Å². The summed E-state index contributed by atoms with van der Waals surface area (Å²) in [6.45, 7) is 0. The molecule has 0 heterocycles. The van der Waals surface area contributed by atoms with Gasteiger partial charge in [-0.2, -0.15) is 0 Å². The normalized spacial score (nSPS) is 10.1. The molecule has 0 radical (unpaired) electrons. The molecule has 10 heteroatoms. The van der Waals surface area contributed by atoms with Gasteiger partial charge in [0, 0.05) is 27.4 Å². The number of nitrogens with zero attached hydrogens (tertiary/aromatic N) is 1. The van der Waals surface area contributed by atoms with Gasteiger partial charge in [0.05, 0.1) is 4.92 Å². The molecule has 0 bridgehead atoms. The van der Waals surface area contributed by atoms with E-state index in [0.717, 1.165) is 0 Å². The first-order chi connectivity index (χ1) is 11.3. The lowest BCUT2D eigenvalue weighted by atomic mass is 10.2. The Morgan fingerprint density at radius 3 is 2.29 bits per heavy atom. The van der Waals surface area contributed by atoms with Crippen LogP contribution in [0.3, 0.4) is 0 Å². The van der Waals surface area contributed by atoms with Crippen LogP contribution in [0.1, 0.15) is 10.4 Å². The molecular formula is C14H8Cl3N3O3S. The number of carbonyl (C=O) groups excluding carboxylic acids is 1. The minimum absolute atomic E-state index is 0.00549. The number of thiocarbonyl (C=S) groups is 1. The fraction of sp³-hybridized carbons (Fsp3) is 0. The summed E-state index contributed by atoms with van der Waals surface area (Å²) in [7, 11) is 0. The summed E-state index contributed by atoms with van der Waals surface area (Å²) in [5, 5.41) is 16.5. The van der Waals surface area contributed by atoms with Crippen molar-refractivity contribution < 1.29 is 9.72 Å². The second-order valence-corrected chi connectivity index (χ2v) is 6.18. The molecule has 0 spiro atoms. The first-order valence-corrected chi connectivity index (χ1v) is 7.83. The number of nitro benzene ring substituents is 1. The van der Waals surface area contributed by atoms with Crippen LogP contribution in [-0.4, -0.2) is 15.9 Å². The van der Waals surface area contributed by atoms with Crippen molar-refractivity contribution in [3.63, 3.8) is 0 Å². The van der Waals surface area contributed by atoms with Gasteiger partial charge in [-0.3, -0.25) is 20.2 Å². The number of amides is 1. The van der Waals surface area contributed by atoms with Crippen molar-refractivity contribution in [1.82, 2.24) is 5.32 Å². The van der Waals surface area contributed by atoms with Gasteiger partial charge in [-0.05, 0) is 42.5 Å². The average molecular weight is 405 g/mol. The number of halogens is 3. The van der Waals surface area contributed by atoms with Crippen LogP contribution in [0.5, 0.6) is 0 Å². The molecule has 0 aromatic heterocycles. The summed E-state index contributed by atoms with van der Waals surface area (Å²) >= 11 is 22.4. The first-order valence-electron chi connectivity index (χ1n) is 6.28. The van der Waals surface area contributed by atoms with E-state index >= 15 is 0 Å². The van der Waals surface area contributed by atoms with Gasteiger partial charge in [0.25, 0.3) is 11.6 Å². The number of anilines is 1.